The number of amides is 4. The van der Waals surface area contributed by atoms with Gasteiger partial charge in [0.1, 0.15) is 5.75 Å². The molecule has 0 radical (unpaired) electrons. The van der Waals surface area contributed by atoms with Gasteiger partial charge in [-0.3, -0.25) is 14.5 Å². The van der Waals surface area contributed by atoms with Crippen LogP contribution in [-0.2, 0) is 9.59 Å². The summed E-state index contributed by atoms with van der Waals surface area (Å²) in [6, 6.07) is 5.79. The molecule has 6 nitrogen and oxygen atoms in total. The summed E-state index contributed by atoms with van der Waals surface area (Å²) < 4.78 is 5.00. The van der Waals surface area contributed by atoms with E-state index in [9.17, 15) is 14.4 Å². The SMILES string of the molecule is CCCN1C(=O)C(=O)N(c2ccc(OC)cc2)C1=O. The fourth-order valence-corrected chi connectivity index (χ4v) is 1.89. The van der Waals surface area contributed by atoms with Crippen molar-refractivity contribution in [1.29, 1.82) is 0 Å². The number of carbonyl (C=O) groups excluding carboxylic acids is 3. The Morgan fingerprint density at radius 3 is 2.21 bits per heavy atom. The lowest BCUT2D eigenvalue weighted by Crippen LogP contribution is -2.33. The van der Waals surface area contributed by atoms with Crippen molar-refractivity contribution in [3.05, 3.63) is 24.3 Å². The predicted molar refractivity (Wildman–Crippen MR) is 67.9 cm³/mol. The van der Waals surface area contributed by atoms with Gasteiger partial charge in [0.25, 0.3) is 0 Å². The highest BCUT2D eigenvalue weighted by atomic mass is 16.5. The van der Waals surface area contributed by atoms with E-state index in [1.165, 1.54) is 7.11 Å². The second-order valence-electron chi connectivity index (χ2n) is 4.08. The molecule has 1 aliphatic rings. The van der Waals surface area contributed by atoms with Gasteiger partial charge in [-0.25, -0.2) is 9.69 Å². The van der Waals surface area contributed by atoms with Crippen LogP contribution in [-0.4, -0.2) is 36.4 Å². The number of hydrogen-bond acceptors (Lipinski definition) is 4. The standard InChI is InChI=1S/C13H14N2O4/c1-3-8-14-11(16)12(17)15(13(14)18)9-4-6-10(19-2)7-5-9/h4-7H,3,8H2,1-2H3. The summed E-state index contributed by atoms with van der Waals surface area (Å²) in [7, 11) is 1.52. The lowest BCUT2D eigenvalue weighted by Gasteiger charge is -2.15. The van der Waals surface area contributed by atoms with E-state index in [-0.39, 0.29) is 6.54 Å². The molecule has 0 saturated carbocycles. The van der Waals surface area contributed by atoms with Gasteiger partial charge < -0.3 is 4.74 Å². The van der Waals surface area contributed by atoms with Crippen molar-refractivity contribution in [2.24, 2.45) is 0 Å². The van der Waals surface area contributed by atoms with E-state index in [0.29, 0.717) is 17.9 Å². The van der Waals surface area contributed by atoms with Gasteiger partial charge in [-0.2, -0.15) is 0 Å². The second-order valence-corrected chi connectivity index (χ2v) is 4.08. The monoisotopic (exact) mass is 262 g/mol. The first kappa shape index (κ1) is 13.1. The lowest BCUT2D eigenvalue weighted by molar-refractivity contribution is -0.139. The van der Waals surface area contributed by atoms with Crippen molar-refractivity contribution >= 4 is 23.5 Å². The van der Waals surface area contributed by atoms with Crippen LogP contribution in [0, 0.1) is 0 Å². The van der Waals surface area contributed by atoms with E-state index in [1.54, 1.807) is 24.3 Å². The van der Waals surface area contributed by atoms with E-state index in [0.717, 1.165) is 9.80 Å². The molecule has 0 N–H and O–H groups in total. The minimum atomic E-state index is -0.816. The molecule has 4 amide bonds. The maximum Gasteiger partial charge on any atom is 0.338 e. The first-order chi connectivity index (χ1) is 9.10. The van der Waals surface area contributed by atoms with Crippen LogP contribution in [0.15, 0.2) is 24.3 Å². The highest BCUT2D eigenvalue weighted by Gasteiger charge is 2.44. The summed E-state index contributed by atoms with van der Waals surface area (Å²) in [5.41, 5.74) is 0.364. The van der Waals surface area contributed by atoms with Gasteiger partial charge in [-0.15, -0.1) is 0 Å². The molecule has 0 atom stereocenters. The quantitative estimate of drug-likeness (QED) is 0.607. The van der Waals surface area contributed by atoms with Crippen molar-refractivity contribution in [3.63, 3.8) is 0 Å². The number of urea groups is 1. The fourth-order valence-electron chi connectivity index (χ4n) is 1.89. The molecule has 1 aromatic carbocycles. The molecular formula is C13H14N2O4. The van der Waals surface area contributed by atoms with Crippen molar-refractivity contribution in [3.8, 4) is 5.75 Å². The number of benzene rings is 1. The maximum atomic E-state index is 12.1. The number of hydrogen-bond donors (Lipinski definition) is 0. The molecule has 1 saturated heterocycles. The molecule has 1 aromatic rings. The van der Waals surface area contributed by atoms with E-state index < -0.39 is 17.8 Å². The average Bonchev–Trinajstić information content (AvgIpc) is 2.64. The van der Waals surface area contributed by atoms with Crippen molar-refractivity contribution in [2.75, 3.05) is 18.6 Å². The van der Waals surface area contributed by atoms with Crippen LogP contribution in [0.1, 0.15) is 13.3 Å². The zero-order chi connectivity index (χ0) is 14.0. The number of rotatable bonds is 4. The van der Waals surface area contributed by atoms with Crippen LogP contribution in [0.2, 0.25) is 0 Å². The van der Waals surface area contributed by atoms with Crippen LogP contribution in [0.25, 0.3) is 0 Å². The topological polar surface area (TPSA) is 66.9 Å². The lowest BCUT2D eigenvalue weighted by atomic mass is 10.3. The van der Waals surface area contributed by atoms with Crippen LogP contribution in [0.3, 0.4) is 0 Å². The molecule has 100 valence electrons. The third-order valence-electron chi connectivity index (χ3n) is 2.83. The van der Waals surface area contributed by atoms with Crippen LogP contribution in [0.5, 0.6) is 5.75 Å². The number of carbonyl (C=O) groups is 3. The summed E-state index contributed by atoms with van der Waals surface area (Å²) in [6.45, 7) is 2.08. The fraction of sp³-hybridized carbons (Fsp3) is 0.308. The van der Waals surface area contributed by atoms with Gasteiger partial charge in [0, 0.05) is 6.54 Å². The summed E-state index contributed by atoms with van der Waals surface area (Å²) in [5.74, 6) is -0.981. The molecule has 1 aliphatic heterocycles. The molecule has 0 aromatic heterocycles. The van der Waals surface area contributed by atoms with Crippen LogP contribution >= 0.6 is 0 Å². The number of imide groups is 2. The Hall–Kier alpha value is -2.37. The first-order valence-corrected chi connectivity index (χ1v) is 5.94. The Kier molecular flexibility index (Phi) is 3.50. The van der Waals surface area contributed by atoms with Gasteiger partial charge in [0.2, 0.25) is 0 Å². The number of methoxy groups -OCH3 is 1. The molecular weight excluding hydrogens is 248 g/mol. The molecule has 1 heterocycles. The summed E-state index contributed by atoms with van der Waals surface area (Å²) in [4.78, 5) is 37.4. The Labute approximate surface area is 110 Å². The third-order valence-corrected chi connectivity index (χ3v) is 2.83. The summed E-state index contributed by atoms with van der Waals surface area (Å²) >= 11 is 0. The van der Waals surface area contributed by atoms with Gasteiger partial charge in [-0.1, -0.05) is 6.92 Å². The Balaban J connectivity index is 2.31. The molecule has 0 unspecified atom stereocenters. The Morgan fingerprint density at radius 1 is 1.05 bits per heavy atom. The molecule has 2 rings (SSSR count). The molecule has 0 spiro atoms. The molecule has 0 bridgehead atoms. The summed E-state index contributed by atoms with van der Waals surface area (Å²) in [5, 5.41) is 0. The van der Waals surface area contributed by atoms with Crippen LogP contribution < -0.4 is 9.64 Å². The predicted octanol–water partition coefficient (Wildman–Crippen LogP) is 1.40. The van der Waals surface area contributed by atoms with Gasteiger partial charge in [0.05, 0.1) is 12.8 Å². The maximum absolute atomic E-state index is 12.1. The normalized spacial score (nSPS) is 15.4. The minimum absolute atomic E-state index is 0.246. The summed E-state index contributed by atoms with van der Waals surface area (Å²) in [6.07, 6.45) is 0.612. The number of nitrogens with zero attached hydrogens (tertiary/aromatic N) is 2. The minimum Gasteiger partial charge on any atom is -0.497 e. The van der Waals surface area contributed by atoms with E-state index in [2.05, 4.69) is 0 Å². The molecule has 19 heavy (non-hydrogen) atoms. The zero-order valence-corrected chi connectivity index (χ0v) is 10.8. The van der Waals surface area contributed by atoms with Gasteiger partial charge in [0.15, 0.2) is 0 Å². The number of anilines is 1. The largest absolute Gasteiger partial charge is 0.497 e. The second kappa shape index (κ2) is 5.09. The van der Waals surface area contributed by atoms with Crippen molar-refractivity contribution < 1.29 is 19.1 Å². The smallest absolute Gasteiger partial charge is 0.338 e. The molecule has 6 heteroatoms. The average molecular weight is 262 g/mol. The van der Waals surface area contributed by atoms with Gasteiger partial charge in [-0.05, 0) is 30.7 Å². The highest BCUT2D eigenvalue weighted by molar-refractivity contribution is 6.52. The van der Waals surface area contributed by atoms with Crippen molar-refractivity contribution in [2.45, 2.75) is 13.3 Å². The van der Waals surface area contributed by atoms with E-state index >= 15 is 0 Å². The Bertz CT molecular complexity index is 524. The zero-order valence-electron chi connectivity index (χ0n) is 10.8. The van der Waals surface area contributed by atoms with E-state index in [4.69, 9.17) is 4.74 Å². The highest BCUT2D eigenvalue weighted by Crippen LogP contribution is 2.24. The van der Waals surface area contributed by atoms with Gasteiger partial charge >= 0.3 is 17.8 Å². The molecule has 0 aliphatic carbocycles. The van der Waals surface area contributed by atoms with E-state index in [1.807, 2.05) is 6.92 Å². The van der Waals surface area contributed by atoms with Crippen LogP contribution in [0.4, 0.5) is 10.5 Å². The number of ether oxygens (including phenoxy) is 1. The molecule has 1 fully saturated rings. The third kappa shape index (κ3) is 2.16. The first-order valence-electron chi connectivity index (χ1n) is 5.94. The van der Waals surface area contributed by atoms with Crippen molar-refractivity contribution in [1.82, 2.24) is 4.90 Å². The Morgan fingerprint density at radius 2 is 1.68 bits per heavy atom.